The number of hydrogen-bond acceptors (Lipinski definition) is 6. The van der Waals surface area contributed by atoms with Crippen molar-refractivity contribution in [1.29, 1.82) is 0 Å². The number of likely N-dealkylation sites (tertiary alicyclic amines) is 1. The molecular formula is C26H27N3O5. The lowest BCUT2D eigenvalue weighted by Gasteiger charge is -2.29. The molecule has 1 aliphatic rings. The van der Waals surface area contributed by atoms with Gasteiger partial charge in [-0.25, -0.2) is 0 Å². The normalized spacial score (nSPS) is 17.7. The molecule has 3 aromatic rings. The van der Waals surface area contributed by atoms with Gasteiger partial charge in [0.15, 0.2) is 0 Å². The number of carbonyl (C=O) groups is 3. The highest BCUT2D eigenvalue weighted by atomic mass is 16.5. The molecule has 0 aliphatic carbocycles. The first kappa shape index (κ1) is 23.2. The van der Waals surface area contributed by atoms with E-state index in [1.54, 1.807) is 62.1 Å². The number of carbonyl (C=O) groups excluding carboxylic acids is 3. The zero-order valence-electron chi connectivity index (χ0n) is 19.1. The van der Waals surface area contributed by atoms with E-state index < -0.39 is 5.41 Å². The number of ether oxygens (including phenoxy) is 1. The first-order chi connectivity index (χ1) is 16.5. The molecule has 34 heavy (non-hydrogen) atoms. The molecule has 0 N–H and O–H groups in total. The highest BCUT2D eigenvalue weighted by Crippen LogP contribution is 2.40. The second-order valence-corrected chi connectivity index (χ2v) is 8.37. The molecule has 1 aromatic carbocycles. The van der Waals surface area contributed by atoms with Crippen molar-refractivity contribution in [2.45, 2.75) is 31.2 Å². The summed E-state index contributed by atoms with van der Waals surface area (Å²) < 4.78 is 11.0. The molecule has 0 saturated carbocycles. The van der Waals surface area contributed by atoms with Crippen LogP contribution in [0, 0.1) is 0 Å². The third-order valence-electron chi connectivity index (χ3n) is 6.02. The molecule has 3 amide bonds. The monoisotopic (exact) mass is 461 g/mol. The number of nitrogens with zero attached hydrogens (tertiary/aromatic N) is 3. The van der Waals surface area contributed by atoms with Gasteiger partial charge in [-0.2, -0.15) is 0 Å². The Morgan fingerprint density at radius 3 is 2.68 bits per heavy atom. The number of pyridine rings is 1. The molecule has 2 aromatic heterocycles. The lowest BCUT2D eigenvalue weighted by Crippen LogP contribution is -2.43. The summed E-state index contributed by atoms with van der Waals surface area (Å²) in [6.45, 7) is 0.850. The van der Waals surface area contributed by atoms with E-state index in [1.165, 1.54) is 9.80 Å². The minimum absolute atomic E-state index is 0.0420. The van der Waals surface area contributed by atoms with Gasteiger partial charge in [-0.3, -0.25) is 24.3 Å². The van der Waals surface area contributed by atoms with Crippen LogP contribution in [0.5, 0.6) is 5.75 Å². The fraction of sp³-hybridized carbons (Fsp3) is 0.308. The summed E-state index contributed by atoms with van der Waals surface area (Å²) in [5, 5.41) is 0. The van der Waals surface area contributed by atoms with Crippen LogP contribution in [-0.2, 0) is 26.3 Å². The van der Waals surface area contributed by atoms with Gasteiger partial charge in [0.05, 0.1) is 31.0 Å². The van der Waals surface area contributed by atoms with Crippen molar-refractivity contribution in [3.05, 3.63) is 84.6 Å². The van der Waals surface area contributed by atoms with E-state index in [0.29, 0.717) is 30.1 Å². The van der Waals surface area contributed by atoms with Crippen LogP contribution in [0.25, 0.3) is 0 Å². The number of aromatic nitrogens is 1. The first-order valence-corrected chi connectivity index (χ1v) is 11.2. The van der Waals surface area contributed by atoms with Gasteiger partial charge in [-0.05, 0) is 36.2 Å². The van der Waals surface area contributed by atoms with Crippen molar-refractivity contribution in [2.24, 2.45) is 0 Å². The zero-order valence-corrected chi connectivity index (χ0v) is 19.1. The van der Waals surface area contributed by atoms with Crippen LogP contribution in [0.3, 0.4) is 0 Å². The second-order valence-electron chi connectivity index (χ2n) is 8.37. The molecule has 176 valence electrons. The van der Waals surface area contributed by atoms with Crippen LogP contribution in [0.1, 0.15) is 30.6 Å². The third kappa shape index (κ3) is 5.01. The summed E-state index contributed by atoms with van der Waals surface area (Å²) >= 11 is 0. The van der Waals surface area contributed by atoms with Gasteiger partial charge in [0.25, 0.3) is 0 Å². The van der Waals surface area contributed by atoms with E-state index in [0.717, 1.165) is 0 Å². The highest BCUT2D eigenvalue weighted by Gasteiger charge is 2.53. The average Bonchev–Trinajstić information content (AvgIpc) is 3.45. The maximum Gasteiger partial charge on any atom is 0.240 e. The molecule has 1 saturated heterocycles. The van der Waals surface area contributed by atoms with Crippen molar-refractivity contribution in [2.75, 3.05) is 20.2 Å². The van der Waals surface area contributed by atoms with E-state index >= 15 is 0 Å². The number of furan rings is 1. The predicted molar refractivity (Wildman–Crippen MR) is 124 cm³/mol. The maximum absolute atomic E-state index is 13.6. The Kier molecular flexibility index (Phi) is 7.06. The van der Waals surface area contributed by atoms with Crippen LogP contribution < -0.4 is 4.74 Å². The van der Waals surface area contributed by atoms with Gasteiger partial charge in [-0.15, -0.1) is 0 Å². The van der Waals surface area contributed by atoms with Crippen LogP contribution in [0.2, 0.25) is 0 Å². The number of hydrogen-bond donors (Lipinski definition) is 0. The average molecular weight is 462 g/mol. The summed E-state index contributed by atoms with van der Waals surface area (Å²) in [7, 11) is 1.67. The Morgan fingerprint density at radius 1 is 1.15 bits per heavy atom. The smallest absolute Gasteiger partial charge is 0.240 e. The molecule has 0 radical (unpaired) electrons. The minimum atomic E-state index is -1.23. The van der Waals surface area contributed by atoms with E-state index in [4.69, 9.17) is 9.15 Å². The summed E-state index contributed by atoms with van der Waals surface area (Å²) in [4.78, 5) is 46.5. The lowest BCUT2D eigenvalue weighted by atomic mass is 9.75. The number of imide groups is 1. The standard InChI is InChI=1S/C26H27N3O5/c1-28(19-22-11-6-14-34-22)23(30)16-26(20-8-3-2-4-9-20)17-24(31)29(25(26)32)13-7-15-33-21-10-5-12-27-18-21/h2-6,8-12,14,18H,7,13,15-17,19H2,1H3/t26-/m1/s1. The van der Waals surface area contributed by atoms with Crippen molar-refractivity contribution in [3.63, 3.8) is 0 Å². The van der Waals surface area contributed by atoms with Gasteiger partial charge >= 0.3 is 0 Å². The Labute approximate surface area is 198 Å². The number of amides is 3. The largest absolute Gasteiger partial charge is 0.492 e. The van der Waals surface area contributed by atoms with E-state index in [9.17, 15) is 14.4 Å². The van der Waals surface area contributed by atoms with Crippen molar-refractivity contribution in [3.8, 4) is 5.75 Å². The molecule has 3 heterocycles. The van der Waals surface area contributed by atoms with Gasteiger partial charge in [-0.1, -0.05) is 30.3 Å². The quantitative estimate of drug-likeness (QED) is 0.340. The SMILES string of the molecule is CN(Cc1ccco1)C(=O)C[C@]1(c2ccccc2)CC(=O)N(CCCOc2cccnc2)C1=O. The van der Waals surface area contributed by atoms with Crippen molar-refractivity contribution < 1.29 is 23.5 Å². The number of benzene rings is 1. The van der Waals surface area contributed by atoms with Crippen molar-refractivity contribution >= 4 is 17.7 Å². The molecule has 1 aliphatic heterocycles. The molecule has 0 bridgehead atoms. The molecule has 1 atom stereocenters. The van der Waals surface area contributed by atoms with Gasteiger partial charge in [0.2, 0.25) is 17.7 Å². The van der Waals surface area contributed by atoms with E-state index in [2.05, 4.69) is 4.98 Å². The molecule has 4 rings (SSSR count). The van der Waals surface area contributed by atoms with Gasteiger partial charge in [0, 0.05) is 32.6 Å². The molecule has 1 fully saturated rings. The fourth-order valence-corrected chi connectivity index (χ4v) is 4.21. The Morgan fingerprint density at radius 2 is 1.97 bits per heavy atom. The molecule has 0 unspecified atom stereocenters. The third-order valence-corrected chi connectivity index (χ3v) is 6.02. The van der Waals surface area contributed by atoms with Gasteiger partial charge in [0.1, 0.15) is 11.5 Å². The Bertz CT molecular complexity index is 1120. The first-order valence-electron chi connectivity index (χ1n) is 11.2. The summed E-state index contributed by atoms with van der Waals surface area (Å²) in [5.41, 5.74) is -0.556. The van der Waals surface area contributed by atoms with Crippen LogP contribution in [-0.4, -0.2) is 52.7 Å². The molecule has 8 heteroatoms. The van der Waals surface area contributed by atoms with Crippen molar-refractivity contribution in [1.82, 2.24) is 14.8 Å². The minimum Gasteiger partial charge on any atom is -0.492 e. The fourth-order valence-electron chi connectivity index (χ4n) is 4.21. The molecule has 0 spiro atoms. The van der Waals surface area contributed by atoms with Gasteiger partial charge < -0.3 is 14.1 Å². The second kappa shape index (κ2) is 10.3. The van der Waals surface area contributed by atoms with E-state index in [1.807, 2.05) is 18.2 Å². The Hall–Kier alpha value is -3.94. The molecular weight excluding hydrogens is 434 g/mol. The van der Waals surface area contributed by atoms with E-state index in [-0.39, 0.29) is 43.7 Å². The molecule has 8 nitrogen and oxygen atoms in total. The summed E-state index contributed by atoms with van der Waals surface area (Å²) in [6, 6.07) is 16.2. The maximum atomic E-state index is 13.6. The topological polar surface area (TPSA) is 93.0 Å². The van der Waals surface area contributed by atoms with Crippen LogP contribution >= 0.6 is 0 Å². The zero-order chi connectivity index (χ0) is 24.0. The highest BCUT2D eigenvalue weighted by molar-refractivity contribution is 6.10. The summed E-state index contributed by atoms with van der Waals surface area (Å²) in [5.74, 6) is 0.420. The van der Waals surface area contributed by atoms with Crippen LogP contribution in [0.15, 0.2) is 77.7 Å². The predicted octanol–water partition coefficient (Wildman–Crippen LogP) is 3.19. The Balaban J connectivity index is 1.47. The lowest BCUT2D eigenvalue weighted by molar-refractivity contribution is -0.142. The summed E-state index contributed by atoms with van der Waals surface area (Å²) in [6.07, 6.45) is 5.15. The van der Waals surface area contributed by atoms with Crippen LogP contribution in [0.4, 0.5) is 0 Å². The number of rotatable bonds is 10.